The Kier molecular flexibility index (Phi) is 4.53. The molecule has 0 spiro atoms. The summed E-state index contributed by atoms with van der Waals surface area (Å²) in [5.41, 5.74) is 0.527. The van der Waals surface area contributed by atoms with E-state index in [1.807, 2.05) is 0 Å². The molecule has 1 fully saturated rings. The van der Waals surface area contributed by atoms with Crippen LogP contribution in [0, 0.1) is 5.92 Å². The molecule has 1 aromatic rings. The molecule has 5 nitrogen and oxygen atoms in total. The molecule has 0 aliphatic heterocycles. The van der Waals surface area contributed by atoms with E-state index in [2.05, 4.69) is 0 Å². The summed E-state index contributed by atoms with van der Waals surface area (Å²) in [5, 5.41) is 0. The molecule has 1 saturated carbocycles. The lowest BCUT2D eigenvalue weighted by atomic mass is 9.81. The molecule has 0 unspecified atom stereocenters. The number of ketones is 3. The Labute approximate surface area is 127 Å². The van der Waals surface area contributed by atoms with Gasteiger partial charge in [0.2, 0.25) is 5.91 Å². The van der Waals surface area contributed by atoms with Crippen molar-refractivity contribution in [3.05, 3.63) is 29.8 Å². The molecule has 1 aromatic carbocycles. The topological polar surface area (TPSA) is 71.5 Å². The first kappa shape index (κ1) is 15.4. The van der Waals surface area contributed by atoms with Crippen LogP contribution in [0.1, 0.15) is 36.5 Å². The minimum absolute atomic E-state index is 0.202. The van der Waals surface area contributed by atoms with Crippen LogP contribution in [-0.4, -0.2) is 23.3 Å². The second-order valence-electron chi connectivity index (χ2n) is 4.93. The predicted molar refractivity (Wildman–Crippen MR) is 77.1 cm³/mol. The zero-order chi connectivity index (χ0) is 15.6. The van der Waals surface area contributed by atoms with E-state index < -0.39 is 17.6 Å². The third kappa shape index (κ3) is 3.19. The van der Waals surface area contributed by atoms with Crippen LogP contribution >= 0.6 is 11.8 Å². The Morgan fingerprint density at radius 2 is 1.81 bits per heavy atom. The van der Waals surface area contributed by atoms with Gasteiger partial charge in [-0.25, -0.2) is 4.42 Å². The highest BCUT2D eigenvalue weighted by Gasteiger charge is 2.36. The first-order valence-corrected chi connectivity index (χ1v) is 6.92. The first-order chi connectivity index (χ1) is 9.91. The Balaban J connectivity index is 2.31. The van der Waals surface area contributed by atoms with Gasteiger partial charge in [-0.1, -0.05) is 12.1 Å². The van der Waals surface area contributed by atoms with Crippen molar-refractivity contribution in [3.8, 4) is 0 Å². The fourth-order valence-electron chi connectivity index (χ4n) is 2.33. The van der Waals surface area contributed by atoms with Gasteiger partial charge in [0.05, 0.1) is 5.69 Å². The molecule has 0 atom stereocenters. The van der Waals surface area contributed by atoms with Crippen molar-refractivity contribution >= 4 is 40.7 Å². The molecule has 2 rings (SSSR count). The van der Waals surface area contributed by atoms with E-state index in [1.54, 1.807) is 12.1 Å². The average molecular weight is 308 g/mol. The Morgan fingerprint density at radius 3 is 2.38 bits per heavy atom. The molecule has 0 saturated heterocycles. The van der Waals surface area contributed by atoms with E-state index in [0.29, 0.717) is 12.1 Å². The van der Waals surface area contributed by atoms with Gasteiger partial charge < -0.3 is 0 Å². The summed E-state index contributed by atoms with van der Waals surface area (Å²) < 4.78 is 0.876. The summed E-state index contributed by atoms with van der Waals surface area (Å²) in [7, 11) is 0. The summed E-state index contributed by atoms with van der Waals surface area (Å²) in [6, 6.07) is 6.03. The minimum Gasteiger partial charge on any atom is -0.298 e. The van der Waals surface area contributed by atoms with Crippen LogP contribution in [0.3, 0.4) is 0 Å². The van der Waals surface area contributed by atoms with E-state index in [-0.39, 0.29) is 30.0 Å². The molecule has 0 aromatic heterocycles. The molecule has 110 valence electrons. The van der Waals surface area contributed by atoms with Crippen molar-refractivity contribution in [2.75, 3.05) is 4.42 Å². The third-order valence-electron chi connectivity index (χ3n) is 3.39. The van der Waals surface area contributed by atoms with Gasteiger partial charge in [-0.3, -0.25) is 19.2 Å². The monoisotopic (exact) mass is 307 g/mol. The maximum Gasteiger partial charge on any atom is 0.238 e. The largest absolute Gasteiger partial charge is 0.298 e. The number of carbonyl (C=O) groups is 4. The maximum atomic E-state index is 12.4. The lowest BCUT2D eigenvalue weighted by Gasteiger charge is -2.19. The fourth-order valence-corrected chi connectivity index (χ4v) is 2.43. The number of amides is 1. The van der Waals surface area contributed by atoms with E-state index in [1.165, 1.54) is 19.1 Å². The number of hydrogen-bond donors (Lipinski definition) is 0. The molecule has 1 aliphatic carbocycles. The SMILES string of the molecule is CC(=O)N(Cl)c1cccc(C(=O)C2C(=O)CCCC2=O)c1. The zero-order valence-electron chi connectivity index (χ0n) is 11.5. The molecule has 1 amide bonds. The number of benzene rings is 1. The van der Waals surface area contributed by atoms with Gasteiger partial charge in [-0.2, -0.15) is 0 Å². The highest BCUT2D eigenvalue weighted by Crippen LogP contribution is 2.24. The van der Waals surface area contributed by atoms with Gasteiger partial charge in [0.1, 0.15) is 5.92 Å². The standard InChI is InChI=1S/C15H14ClNO4/c1-9(18)17(16)11-5-2-4-10(8-11)15(21)14-12(19)6-3-7-13(14)20/h2,4-5,8,14H,3,6-7H2,1H3. The molecule has 0 N–H and O–H groups in total. The predicted octanol–water partition coefficient (Wildman–Crippen LogP) is 2.31. The van der Waals surface area contributed by atoms with Crippen LogP contribution in [-0.2, 0) is 14.4 Å². The molecular formula is C15H14ClNO4. The summed E-state index contributed by atoms with van der Waals surface area (Å²) in [5.74, 6) is -2.81. The van der Waals surface area contributed by atoms with E-state index in [0.717, 1.165) is 4.42 Å². The van der Waals surface area contributed by atoms with Crippen molar-refractivity contribution < 1.29 is 19.2 Å². The number of Topliss-reactive ketones (excluding diaryl/α,β-unsaturated/α-hetero) is 3. The molecule has 0 radical (unpaired) electrons. The summed E-state index contributed by atoms with van der Waals surface area (Å²) in [6.07, 6.45) is 0.995. The quantitative estimate of drug-likeness (QED) is 0.488. The van der Waals surface area contributed by atoms with Gasteiger partial charge in [0.15, 0.2) is 17.3 Å². The van der Waals surface area contributed by atoms with E-state index in [4.69, 9.17) is 11.8 Å². The second kappa shape index (κ2) is 6.18. The van der Waals surface area contributed by atoms with Crippen LogP contribution in [0.5, 0.6) is 0 Å². The number of anilines is 1. The van der Waals surface area contributed by atoms with Crippen molar-refractivity contribution in [2.45, 2.75) is 26.2 Å². The van der Waals surface area contributed by atoms with Crippen LogP contribution in [0.4, 0.5) is 5.69 Å². The smallest absolute Gasteiger partial charge is 0.238 e. The van der Waals surface area contributed by atoms with Crippen molar-refractivity contribution in [1.82, 2.24) is 0 Å². The normalized spacial score (nSPS) is 15.9. The van der Waals surface area contributed by atoms with Crippen LogP contribution in [0.15, 0.2) is 24.3 Å². The van der Waals surface area contributed by atoms with Crippen molar-refractivity contribution in [3.63, 3.8) is 0 Å². The van der Waals surface area contributed by atoms with E-state index in [9.17, 15) is 19.2 Å². The van der Waals surface area contributed by atoms with Crippen molar-refractivity contribution in [1.29, 1.82) is 0 Å². The first-order valence-electron chi connectivity index (χ1n) is 6.58. The van der Waals surface area contributed by atoms with Crippen LogP contribution in [0.25, 0.3) is 0 Å². The fraction of sp³-hybridized carbons (Fsp3) is 0.333. The van der Waals surface area contributed by atoms with Gasteiger partial charge in [0, 0.05) is 37.1 Å². The molecule has 21 heavy (non-hydrogen) atoms. The maximum absolute atomic E-state index is 12.4. The number of carbonyl (C=O) groups excluding carboxylic acids is 4. The minimum atomic E-state index is -1.21. The summed E-state index contributed by atoms with van der Waals surface area (Å²) >= 11 is 5.80. The molecule has 1 aliphatic rings. The zero-order valence-corrected chi connectivity index (χ0v) is 12.2. The Hall–Kier alpha value is -2.01. The number of hydrogen-bond acceptors (Lipinski definition) is 4. The Morgan fingerprint density at radius 1 is 1.19 bits per heavy atom. The molecular weight excluding hydrogens is 294 g/mol. The van der Waals surface area contributed by atoms with Gasteiger partial charge in [0.25, 0.3) is 0 Å². The van der Waals surface area contributed by atoms with E-state index >= 15 is 0 Å². The second-order valence-corrected chi connectivity index (χ2v) is 5.27. The number of rotatable bonds is 3. The lowest BCUT2D eigenvalue weighted by molar-refractivity contribution is -0.133. The number of halogens is 1. The Bertz CT molecular complexity index is 610. The van der Waals surface area contributed by atoms with Crippen molar-refractivity contribution in [2.24, 2.45) is 5.92 Å². The third-order valence-corrected chi connectivity index (χ3v) is 3.82. The molecule has 0 heterocycles. The summed E-state index contributed by atoms with van der Waals surface area (Å²) in [4.78, 5) is 47.2. The van der Waals surface area contributed by atoms with Crippen LogP contribution in [0.2, 0.25) is 0 Å². The van der Waals surface area contributed by atoms with Crippen LogP contribution < -0.4 is 4.42 Å². The van der Waals surface area contributed by atoms with Gasteiger partial charge >= 0.3 is 0 Å². The lowest BCUT2D eigenvalue weighted by Crippen LogP contribution is -2.35. The summed E-state index contributed by atoms with van der Waals surface area (Å²) in [6.45, 7) is 1.29. The van der Waals surface area contributed by atoms with Gasteiger partial charge in [-0.15, -0.1) is 0 Å². The highest BCUT2D eigenvalue weighted by molar-refractivity contribution is 6.36. The highest BCUT2D eigenvalue weighted by atomic mass is 35.5. The number of nitrogens with zero attached hydrogens (tertiary/aromatic N) is 1. The molecule has 6 heteroatoms. The molecule has 0 bridgehead atoms. The van der Waals surface area contributed by atoms with Gasteiger partial charge in [-0.05, 0) is 18.6 Å². The average Bonchev–Trinajstić information content (AvgIpc) is 2.46.